The van der Waals surface area contributed by atoms with E-state index in [2.05, 4.69) is 15.5 Å². The molecule has 0 atom stereocenters. The minimum Gasteiger partial charge on any atom is -0.507 e. The van der Waals surface area contributed by atoms with Crippen molar-refractivity contribution in [2.24, 2.45) is 5.10 Å². The van der Waals surface area contributed by atoms with Gasteiger partial charge in [0.2, 0.25) is 0 Å². The Balaban J connectivity index is 0.00000180. The minimum atomic E-state index is -0.330. The van der Waals surface area contributed by atoms with Crippen molar-refractivity contribution >= 4 is 12.1 Å². The van der Waals surface area contributed by atoms with Gasteiger partial charge in [-0.05, 0) is 24.3 Å². The van der Waals surface area contributed by atoms with E-state index in [1.54, 1.807) is 36.4 Å². The monoisotopic (exact) mass is 305 g/mol. The summed E-state index contributed by atoms with van der Waals surface area (Å²) < 4.78 is 0. The van der Waals surface area contributed by atoms with E-state index in [1.165, 1.54) is 18.6 Å². The molecule has 5 nitrogen and oxygen atoms in total. The molecular formula is C13H11N3O2Zn. The van der Waals surface area contributed by atoms with Crippen LogP contribution in [0.25, 0.3) is 0 Å². The standard InChI is InChI=1S/C13H11N3O2.Zn/c17-12-4-2-1-3-11(12)9-15-16-13(18)10-5-7-14-8-6-10;/h1-9,17H,(H,16,18);. The predicted octanol–water partition coefficient (Wildman–Crippen LogP) is 1.55. The molecule has 0 saturated heterocycles. The van der Waals surface area contributed by atoms with Crippen LogP contribution in [0.15, 0.2) is 53.9 Å². The number of aromatic hydroxyl groups is 1. The van der Waals surface area contributed by atoms with E-state index < -0.39 is 0 Å². The van der Waals surface area contributed by atoms with Gasteiger partial charge in [0.25, 0.3) is 5.91 Å². The Morgan fingerprint density at radius 3 is 2.58 bits per heavy atom. The maximum absolute atomic E-state index is 11.6. The molecule has 19 heavy (non-hydrogen) atoms. The Bertz CT molecular complexity index is 573. The van der Waals surface area contributed by atoms with E-state index in [0.29, 0.717) is 11.1 Å². The molecule has 6 heteroatoms. The number of hydrazone groups is 1. The summed E-state index contributed by atoms with van der Waals surface area (Å²) in [5, 5.41) is 13.3. The van der Waals surface area contributed by atoms with Crippen molar-refractivity contribution in [3.63, 3.8) is 0 Å². The van der Waals surface area contributed by atoms with Crippen molar-refractivity contribution in [3.05, 3.63) is 59.9 Å². The van der Waals surface area contributed by atoms with Crippen LogP contribution in [0.5, 0.6) is 5.75 Å². The average Bonchev–Trinajstić information content (AvgIpc) is 2.42. The first-order valence-corrected chi connectivity index (χ1v) is 5.29. The second-order valence-electron chi connectivity index (χ2n) is 3.49. The van der Waals surface area contributed by atoms with E-state index in [4.69, 9.17) is 0 Å². The third-order valence-electron chi connectivity index (χ3n) is 2.25. The van der Waals surface area contributed by atoms with Crippen molar-refractivity contribution in [1.82, 2.24) is 10.4 Å². The number of phenolic OH excluding ortho intramolecular Hbond substituents is 1. The van der Waals surface area contributed by atoms with Gasteiger partial charge in [0.1, 0.15) is 5.75 Å². The maximum Gasteiger partial charge on any atom is 0.271 e. The number of hydrogen-bond acceptors (Lipinski definition) is 4. The van der Waals surface area contributed by atoms with E-state index in [1.807, 2.05) is 0 Å². The number of para-hydroxylation sites is 1. The molecule has 0 unspecified atom stereocenters. The molecule has 0 bridgehead atoms. The van der Waals surface area contributed by atoms with Crippen LogP contribution >= 0.6 is 0 Å². The molecule has 1 aromatic heterocycles. The van der Waals surface area contributed by atoms with E-state index >= 15 is 0 Å². The summed E-state index contributed by atoms with van der Waals surface area (Å²) in [6.07, 6.45) is 4.44. The first-order chi connectivity index (χ1) is 8.77. The van der Waals surface area contributed by atoms with Crippen LogP contribution in [0.3, 0.4) is 0 Å². The van der Waals surface area contributed by atoms with Crippen LogP contribution in [0, 0.1) is 0 Å². The molecule has 92 valence electrons. The molecule has 0 fully saturated rings. The van der Waals surface area contributed by atoms with Crippen molar-refractivity contribution in [2.75, 3.05) is 0 Å². The van der Waals surface area contributed by atoms with Gasteiger partial charge in [0, 0.05) is 43.0 Å². The fourth-order valence-corrected chi connectivity index (χ4v) is 1.32. The number of pyridine rings is 1. The van der Waals surface area contributed by atoms with E-state index in [0.717, 1.165) is 0 Å². The Morgan fingerprint density at radius 2 is 1.89 bits per heavy atom. The van der Waals surface area contributed by atoms with Crippen molar-refractivity contribution in [3.8, 4) is 5.75 Å². The van der Waals surface area contributed by atoms with Crippen LogP contribution in [-0.2, 0) is 19.5 Å². The zero-order valence-corrected chi connectivity index (χ0v) is 13.1. The number of nitrogens with zero attached hydrogens (tertiary/aromatic N) is 2. The molecule has 1 aromatic carbocycles. The minimum absolute atomic E-state index is 0. The summed E-state index contributed by atoms with van der Waals surface area (Å²) in [5.41, 5.74) is 3.37. The number of carbonyl (C=O) groups is 1. The molecule has 1 heterocycles. The van der Waals surface area contributed by atoms with Gasteiger partial charge in [-0.15, -0.1) is 0 Å². The molecule has 0 aliphatic carbocycles. The number of aromatic nitrogens is 1. The third kappa shape index (κ3) is 4.26. The fourth-order valence-electron chi connectivity index (χ4n) is 1.32. The Hall–Kier alpha value is -2.07. The van der Waals surface area contributed by atoms with Gasteiger partial charge in [-0.3, -0.25) is 9.78 Å². The zero-order chi connectivity index (χ0) is 12.8. The largest absolute Gasteiger partial charge is 0.507 e. The smallest absolute Gasteiger partial charge is 0.271 e. The third-order valence-corrected chi connectivity index (χ3v) is 2.25. The topological polar surface area (TPSA) is 74.6 Å². The molecule has 0 aliphatic heterocycles. The number of benzene rings is 1. The number of hydrogen-bond donors (Lipinski definition) is 2. The second-order valence-corrected chi connectivity index (χ2v) is 3.49. The number of phenols is 1. The predicted molar refractivity (Wildman–Crippen MR) is 67.4 cm³/mol. The van der Waals surface area contributed by atoms with Gasteiger partial charge in [0.15, 0.2) is 0 Å². The quantitative estimate of drug-likeness (QED) is 0.513. The van der Waals surface area contributed by atoms with Crippen LogP contribution in [0.4, 0.5) is 0 Å². The van der Waals surface area contributed by atoms with Crippen molar-refractivity contribution < 1.29 is 29.4 Å². The number of rotatable bonds is 3. The summed E-state index contributed by atoms with van der Waals surface area (Å²) in [5.74, 6) is -0.219. The average molecular weight is 307 g/mol. The second kappa shape index (κ2) is 7.39. The summed E-state index contributed by atoms with van der Waals surface area (Å²) in [6.45, 7) is 0. The maximum atomic E-state index is 11.6. The first-order valence-electron chi connectivity index (χ1n) is 5.29. The molecule has 0 radical (unpaired) electrons. The van der Waals surface area contributed by atoms with Crippen LogP contribution in [-0.4, -0.2) is 22.2 Å². The van der Waals surface area contributed by atoms with Crippen LogP contribution < -0.4 is 5.43 Å². The Labute approximate surface area is 123 Å². The van der Waals surface area contributed by atoms with E-state index in [9.17, 15) is 9.90 Å². The molecule has 1 amide bonds. The number of amides is 1. The molecule has 0 aliphatic rings. The SMILES string of the molecule is O=C(NN=Cc1ccccc1O)c1ccncc1.[Zn]. The molecule has 2 aromatic rings. The van der Waals surface area contributed by atoms with Gasteiger partial charge in [0.05, 0.1) is 6.21 Å². The molecular weight excluding hydrogens is 296 g/mol. The fraction of sp³-hybridized carbons (Fsp3) is 0. The van der Waals surface area contributed by atoms with Gasteiger partial charge < -0.3 is 5.11 Å². The van der Waals surface area contributed by atoms with Crippen LogP contribution in [0.2, 0.25) is 0 Å². The van der Waals surface area contributed by atoms with Gasteiger partial charge in [-0.25, -0.2) is 5.43 Å². The molecule has 0 spiro atoms. The molecule has 0 saturated carbocycles. The number of carbonyl (C=O) groups excluding carboxylic acids is 1. The van der Waals surface area contributed by atoms with Gasteiger partial charge >= 0.3 is 0 Å². The summed E-state index contributed by atoms with van der Waals surface area (Å²) in [7, 11) is 0. The zero-order valence-electron chi connectivity index (χ0n) is 10.2. The molecule has 2 rings (SSSR count). The Morgan fingerprint density at radius 1 is 1.21 bits per heavy atom. The van der Waals surface area contributed by atoms with E-state index in [-0.39, 0.29) is 31.1 Å². The van der Waals surface area contributed by atoms with Gasteiger partial charge in [-0.2, -0.15) is 5.10 Å². The normalized spacial score (nSPS) is 9.89. The molecule has 2 N–H and O–H groups in total. The van der Waals surface area contributed by atoms with Crippen molar-refractivity contribution in [1.29, 1.82) is 0 Å². The summed E-state index contributed by atoms with van der Waals surface area (Å²) >= 11 is 0. The van der Waals surface area contributed by atoms with Crippen molar-refractivity contribution in [2.45, 2.75) is 0 Å². The Kier molecular flexibility index (Phi) is 5.83. The van der Waals surface area contributed by atoms with Gasteiger partial charge in [-0.1, -0.05) is 12.1 Å². The summed E-state index contributed by atoms with van der Waals surface area (Å²) in [4.78, 5) is 15.4. The first kappa shape index (κ1) is 15.0. The number of nitrogens with one attached hydrogen (secondary N) is 1. The van der Waals surface area contributed by atoms with Crippen LogP contribution in [0.1, 0.15) is 15.9 Å². The summed E-state index contributed by atoms with van der Waals surface area (Å²) in [6, 6.07) is 9.90.